The highest BCUT2D eigenvalue weighted by molar-refractivity contribution is 6.29. The predicted molar refractivity (Wildman–Crippen MR) is 73.3 cm³/mol. The first kappa shape index (κ1) is 12.4. The van der Waals surface area contributed by atoms with Gasteiger partial charge in [0.2, 0.25) is 0 Å². The number of nitrogens with two attached hydrogens (primary N) is 1. The molecule has 0 amide bonds. The molecular weight excluding hydrogens is 246 g/mol. The van der Waals surface area contributed by atoms with E-state index in [9.17, 15) is 0 Å². The van der Waals surface area contributed by atoms with E-state index in [0.717, 1.165) is 24.7 Å². The van der Waals surface area contributed by atoms with Crippen molar-refractivity contribution in [2.24, 2.45) is 17.6 Å². The lowest BCUT2D eigenvalue weighted by atomic mass is 9.78. The van der Waals surface area contributed by atoms with Gasteiger partial charge in [0.25, 0.3) is 0 Å². The van der Waals surface area contributed by atoms with E-state index in [-0.39, 0.29) is 0 Å². The second kappa shape index (κ2) is 5.16. The molecule has 1 aliphatic carbocycles. The number of fused-ring (bicyclic) bond motifs is 1. The summed E-state index contributed by atoms with van der Waals surface area (Å²) in [7, 11) is 0. The smallest absolute Gasteiger partial charge is 0.129 e. The topological polar surface area (TPSA) is 42.1 Å². The zero-order valence-electron chi connectivity index (χ0n) is 10.6. The highest BCUT2D eigenvalue weighted by Gasteiger charge is 2.38. The average molecular weight is 266 g/mol. The van der Waals surface area contributed by atoms with Crippen molar-refractivity contribution in [3.05, 3.63) is 29.0 Å². The quantitative estimate of drug-likeness (QED) is 0.835. The van der Waals surface area contributed by atoms with Gasteiger partial charge in [0.1, 0.15) is 5.15 Å². The van der Waals surface area contributed by atoms with Gasteiger partial charge < -0.3 is 5.73 Å². The largest absolute Gasteiger partial charge is 0.327 e. The average Bonchev–Trinajstić information content (AvgIpc) is 2.73. The predicted octanol–water partition coefficient (Wildman–Crippen LogP) is 2.29. The van der Waals surface area contributed by atoms with Crippen LogP contribution in [0.1, 0.15) is 25.0 Å². The Morgan fingerprint density at radius 2 is 2.22 bits per heavy atom. The summed E-state index contributed by atoms with van der Waals surface area (Å²) in [5.41, 5.74) is 7.30. The van der Waals surface area contributed by atoms with Crippen molar-refractivity contribution in [1.29, 1.82) is 0 Å². The summed E-state index contributed by atoms with van der Waals surface area (Å²) in [6.07, 6.45) is 3.84. The normalized spacial score (nSPS) is 32.4. The van der Waals surface area contributed by atoms with Gasteiger partial charge in [-0.15, -0.1) is 0 Å². The van der Waals surface area contributed by atoms with Crippen molar-refractivity contribution in [3.8, 4) is 0 Å². The minimum atomic E-state index is 0.404. The van der Waals surface area contributed by atoms with Gasteiger partial charge in [-0.2, -0.15) is 0 Å². The van der Waals surface area contributed by atoms with E-state index in [0.29, 0.717) is 17.1 Å². The van der Waals surface area contributed by atoms with Crippen LogP contribution in [0.2, 0.25) is 5.15 Å². The molecule has 1 aromatic rings. The molecule has 18 heavy (non-hydrogen) atoms. The Bertz CT molecular complexity index is 423. The number of aromatic nitrogens is 1. The lowest BCUT2D eigenvalue weighted by Gasteiger charge is -2.29. The van der Waals surface area contributed by atoms with Crippen LogP contribution in [0.15, 0.2) is 18.2 Å². The van der Waals surface area contributed by atoms with E-state index < -0.39 is 0 Å². The number of likely N-dealkylation sites (tertiary alicyclic amines) is 1. The van der Waals surface area contributed by atoms with E-state index in [1.54, 1.807) is 0 Å². The molecule has 3 unspecified atom stereocenters. The number of rotatable bonds is 2. The lowest BCUT2D eigenvalue weighted by molar-refractivity contribution is 0.259. The molecule has 1 saturated carbocycles. The second-order valence-corrected chi connectivity index (χ2v) is 6.05. The van der Waals surface area contributed by atoms with Crippen molar-refractivity contribution in [2.75, 3.05) is 13.1 Å². The van der Waals surface area contributed by atoms with E-state index in [2.05, 4.69) is 9.88 Å². The van der Waals surface area contributed by atoms with Crippen molar-refractivity contribution >= 4 is 11.6 Å². The van der Waals surface area contributed by atoms with E-state index in [4.69, 9.17) is 17.3 Å². The highest BCUT2D eigenvalue weighted by Crippen LogP contribution is 2.35. The number of pyridine rings is 1. The first-order valence-electron chi connectivity index (χ1n) is 6.82. The number of halogens is 1. The van der Waals surface area contributed by atoms with Crippen molar-refractivity contribution in [1.82, 2.24) is 9.88 Å². The molecule has 0 aromatic carbocycles. The van der Waals surface area contributed by atoms with Gasteiger partial charge >= 0.3 is 0 Å². The van der Waals surface area contributed by atoms with Crippen LogP contribution in [0.5, 0.6) is 0 Å². The molecule has 1 aromatic heterocycles. The Kier molecular flexibility index (Phi) is 3.55. The van der Waals surface area contributed by atoms with Gasteiger partial charge in [-0.3, -0.25) is 4.90 Å². The molecule has 1 saturated heterocycles. The lowest BCUT2D eigenvalue weighted by Crippen LogP contribution is -2.38. The summed E-state index contributed by atoms with van der Waals surface area (Å²) in [6.45, 7) is 3.20. The SMILES string of the molecule is NC1CCCC2CN(Cc3cccc(Cl)n3)CC12. The standard InChI is InChI=1S/C14H20ClN3/c15-14-6-2-4-11(17-14)8-18-7-10-3-1-5-13(16)12(10)9-18/h2,4,6,10,12-13H,1,3,5,7-9,16H2. The fraction of sp³-hybridized carbons (Fsp3) is 0.643. The van der Waals surface area contributed by atoms with Crippen LogP contribution < -0.4 is 5.73 Å². The number of hydrogen-bond acceptors (Lipinski definition) is 3. The molecule has 2 aliphatic rings. The molecule has 1 aliphatic heterocycles. The van der Waals surface area contributed by atoms with Crippen LogP contribution in [0, 0.1) is 11.8 Å². The van der Waals surface area contributed by atoms with Crippen molar-refractivity contribution < 1.29 is 0 Å². The van der Waals surface area contributed by atoms with Crippen LogP contribution in [-0.2, 0) is 6.54 Å². The maximum Gasteiger partial charge on any atom is 0.129 e. The first-order chi connectivity index (χ1) is 8.72. The van der Waals surface area contributed by atoms with Gasteiger partial charge in [-0.05, 0) is 36.8 Å². The van der Waals surface area contributed by atoms with E-state index >= 15 is 0 Å². The van der Waals surface area contributed by atoms with Gasteiger partial charge in [-0.1, -0.05) is 24.1 Å². The fourth-order valence-electron chi connectivity index (χ4n) is 3.51. The van der Waals surface area contributed by atoms with Crippen LogP contribution >= 0.6 is 11.6 Å². The molecule has 0 bridgehead atoms. The Morgan fingerprint density at radius 1 is 1.33 bits per heavy atom. The monoisotopic (exact) mass is 265 g/mol. The summed E-state index contributed by atoms with van der Waals surface area (Å²) in [6, 6.07) is 6.25. The van der Waals surface area contributed by atoms with E-state index in [1.807, 2.05) is 18.2 Å². The molecule has 2 fully saturated rings. The van der Waals surface area contributed by atoms with Gasteiger partial charge in [0, 0.05) is 25.7 Å². The Balaban J connectivity index is 1.65. The Labute approximate surface area is 113 Å². The summed E-state index contributed by atoms with van der Waals surface area (Å²) in [5.74, 6) is 1.49. The first-order valence-corrected chi connectivity index (χ1v) is 7.19. The van der Waals surface area contributed by atoms with Crippen LogP contribution in [0.25, 0.3) is 0 Å². The van der Waals surface area contributed by atoms with Crippen molar-refractivity contribution in [2.45, 2.75) is 31.8 Å². The molecule has 3 nitrogen and oxygen atoms in total. The van der Waals surface area contributed by atoms with Crippen molar-refractivity contribution in [3.63, 3.8) is 0 Å². The number of nitrogens with zero attached hydrogens (tertiary/aromatic N) is 2. The van der Waals surface area contributed by atoms with Gasteiger partial charge in [-0.25, -0.2) is 4.98 Å². The molecule has 2 heterocycles. The molecule has 98 valence electrons. The molecular formula is C14H20ClN3. The Hall–Kier alpha value is -0.640. The number of hydrogen-bond donors (Lipinski definition) is 1. The second-order valence-electron chi connectivity index (χ2n) is 5.66. The summed E-state index contributed by atoms with van der Waals surface area (Å²) >= 11 is 5.93. The third-order valence-electron chi connectivity index (χ3n) is 4.39. The summed E-state index contributed by atoms with van der Waals surface area (Å²) in [5, 5.41) is 0.584. The van der Waals surface area contributed by atoms with Crippen LogP contribution in [-0.4, -0.2) is 29.0 Å². The summed E-state index contributed by atoms with van der Waals surface area (Å²) in [4.78, 5) is 6.85. The van der Waals surface area contributed by atoms with Crippen LogP contribution in [0.3, 0.4) is 0 Å². The third kappa shape index (κ3) is 2.53. The maximum atomic E-state index is 6.24. The Morgan fingerprint density at radius 3 is 3.00 bits per heavy atom. The zero-order valence-corrected chi connectivity index (χ0v) is 11.3. The molecule has 0 radical (unpaired) electrons. The highest BCUT2D eigenvalue weighted by atomic mass is 35.5. The molecule has 3 atom stereocenters. The fourth-order valence-corrected chi connectivity index (χ4v) is 3.69. The molecule has 0 spiro atoms. The third-order valence-corrected chi connectivity index (χ3v) is 4.60. The van der Waals surface area contributed by atoms with Crippen LogP contribution in [0.4, 0.5) is 0 Å². The molecule has 4 heteroatoms. The zero-order chi connectivity index (χ0) is 12.5. The van der Waals surface area contributed by atoms with Gasteiger partial charge in [0.15, 0.2) is 0 Å². The summed E-state index contributed by atoms with van der Waals surface area (Å²) < 4.78 is 0. The van der Waals surface area contributed by atoms with Gasteiger partial charge in [0.05, 0.1) is 5.69 Å². The minimum absolute atomic E-state index is 0.404. The molecule has 2 N–H and O–H groups in total. The maximum absolute atomic E-state index is 6.24. The van der Waals surface area contributed by atoms with E-state index in [1.165, 1.54) is 25.8 Å². The minimum Gasteiger partial charge on any atom is -0.327 e. The molecule has 3 rings (SSSR count).